The molecule has 2 rings (SSSR count). The molecule has 0 bridgehead atoms. The number of rotatable bonds is 3. The van der Waals surface area contributed by atoms with Crippen molar-refractivity contribution >= 4 is 28.5 Å². The van der Waals surface area contributed by atoms with E-state index in [9.17, 15) is 4.79 Å². The molecule has 1 amide bonds. The normalized spacial score (nSPS) is 17.7. The van der Waals surface area contributed by atoms with Gasteiger partial charge in [-0.1, -0.05) is 6.92 Å². The largest absolute Gasteiger partial charge is 0.349 e. The number of hydrogen-bond donors (Lipinski definition) is 1. The van der Waals surface area contributed by atoms with Crippen LogP contribution in [0.25, 0.3) is 0 Å². The lowest BCUT2D eigenvalue weighted by Gasteiger charge is -2.31. The third-order valence-corrected chi connectivity index (χ3v) is 4.20. The van der Waals surface area contributed by atoms with Crippen LogP contribution in [0, 0.1) is 3.57 Å². The van der Waals surface area contributed by atoms with Crippen LogP contribution in [-0.2, 0) is 0 Å². The number of nitrogens with zero attached hydrogens (tertiary/aromatic N) is 1. The van der Waals surface area contributed by atoms with Gasteiger partial charge in [0, 0.05) is 28.3 Å². The van der Waals surface area contributed by atoms with Gasteiger partial charge in [0.15, 0.2) is 0 Å². The van der Waals surface area contributed by atoms with Gasteiger partial charge in [-0.05, 0) is 66.2 Å². The van der Waals surface area contributed by atoms with Crippen LogP contribution >= 0.6 is 22.6 Å². The van der Waals surface area contributed by atoms with E-state index in [2.05, 4.69) is 39.7 Å². The van der Waals surface area contributed by atoms with Crippen LogP contribution in [0.3, 0.4) is 0 Å². The van der Waals surface area contributed by atoms with Gasteiger partial charge in [0.1, 0.15) is 0 Å². The quantitative estimate of drug-likeness (QED) is 0.843. The molecule has 1 fully saturated rings. The van der Waals surface area contributed by atoms with E-state index in [-0.39, 0.29) is 5.91 Å². The highest BCUT2D eigenvalue weighted by atomic mass is 127. The van der Waals surface area contributed by atoms with Crippen molar-refractivity contribution in [3.63, 3.8) is 0 Å². The van der Waals surface area contributed by atoms with E-state index in [1.807, 2.05) is 24.3 Å². The van der Waals surface area contributed by atoms with Gasteiger partial charge in [-0.3, -0.25) is 4.79 Å². The minimum absolute atomic E-state index is 0.0568. The minimum atomic E-state index is 0.0568. The number of carbonyl (C=O) groups excluding carboxylic acids is 1. The van der Waals surface area contributed by atoms with E-state index in [1.165, 1.54) is 0 Å². The van der Waals surface area contributed by atoms with Gasteiger partial charge in [0.25, 0.3) is 5.91 Å². The molecule has 0 aromatic heterocycles. The molecule has 0 radical (unpaired) electrons. The molecule has 1 heterocycles. The van der Waals surface area contributed by atoms with Gasteiger partial charge in [-0.15, -0.1) is 0 Å². The Hall–Kier alpha value is -0.620. The molecule has 4 heteroatoms. The van der Waals surface area contributed by atoms with Crippen molar-refractivity contribution < 1.29 is 4.79 Å². The summed E-state index contributed by atoms with van der Waals surface area (Å²) in [5, 5.41) is 3.13. The number of benzene rings is 1. The third kappa shape index (κ3) is 3.68. The summed E-state index contributed by atoms with van der Waals surface area (Å²) in [7, 11) is 0. The van der Waals surface area contributed by atoms with E-state index >= 15 is 0 Å². The highest BCUT2D eigenvalue weighted by molar-refractivity contribution is 14.1. The molecule has 1 saturated heterocycles. The Morgan fingerprint density at radius 1 is 1.33 bits per heavy atom. The molecule has 18 heavy (non-hydrogen) atoms. The number of halogens is 1. The molecule has 0 aliphatic carbocycles. The van der Waals surface area contributed by atoms with Gasteiger partial charge < -0.3 is 10.2 Å². The average Bonchev–Trinajstić information content (AvgIpc) is 2.40. The SMILES string of the molecule is CCN1CCC(NC(=O)c2ccc(I)cc2)CC1. The zero-order chi connectivity index (χ0) is 13.0. The number of nitrogens with one attached hydrogen (secondary N) is 1. The summed E-state index contributed by atoms with van der Waals surface area (Å²) in [6.07, 6.45) is 2.12. The molecule has 98 valence electrons. The van der Waals surface area contributed by atoms with Crippen molar-refractivity contribution in [1.82, 2.24) is 10.2 Å². The lowest BCUT2D eigenvalue weighted by atomic mass is 10.0. The first-order chi connectivity index (χ1) is 8.69. The fourth-order valence-electron chi connectivity index (χ4n) is 2.26. The Labute approximate surface area is 122 Å². The smallest absolute Gasteiger partial charge is 0.251 e. The van der Waals surface area contributed by atoms with Crippen LogP contribution < -0.4 is 5.32 Å². The molecule has 3 nitrogen and oxygen atoms in total. The van der Waals surface area contributed by atoms with E-state index in [4.69, 9.17) is 0 Å². The van der Waals surface area contributed by atoms with Crippen LogP contribution in [0.15, 0.2) is 24.3 Å². The number of carbonyl (C=O) groups is 1. The fraction of sp³-hybridized carbons (Fsp3) is 0.500. The first kappa shape index (κ1) is 13.8. The second-order valence-electron chi connectivity index (χ2n) is 4.69. The lowest BCUT2D eigenvalue weighted by molar-refractivity contribution is 0.0912. The summed E-state index contributed by atoms with van der Waals surface area (Å²) in [6, 6.07) is 8.04. The van der Waals surface area contributed by atoms with Crippen LogP contribution in [0.2, 0.25) is 0 Å². The van der Waals surface area contributed by atoms with Gasteiger partial charge in [-0.2, -0.15) is 0 Å². The topological polar surface area (TPSA) is 32.3 Å². The van der Waals surface area contributed by atoms with Crippen LogP contribution in [0.1, 0.15) is 30.1 Å². The lowest BCUT2D eigenvalue weighted by Crippen LogP contribution is -2.44. The van der Waals surface area contributed by atoms with Crippen molar-refractivity contribution in [1.29, 1.82) is 0 Å². The van der Waals surface area contributed by atoms with E-state index in [0.29, 0.717) is 6.04 Å². The molecule has 1 N–H and O–H groups in total. The Morgan fingerprint density at radius 3 is 2.50 bits per heavy atom. The van der Waals surface area contributed by atoms with Crippen molar-refractivity contribution in [2.45, 2.75) is 25.8 Å². The number of hydrogen-bond acceptors (Lipinski definition) is 2. The first-order valence-corrected chi connectivity index (χ1v) is 7.55. The fourth-order valence-corrected chi connectivity index (χ4v) is 2.62. The molecule has 0 atom stereocenters. The molecule has 1 aromatic carbocycles. The highest BCUT2D eigenvalue weighted by Crippen LogP contribution is 2.11. The minimum Gasteiger partial charge on any atom is -0.349 e. The van der Waals surface area contributed by atoms with Gasteiger partial charge in [0.2, 0.25) is 0 Å². The van der Waals surface area contributed by atoms with E-state index in [1.54, 1.807) is 0 Å². The maximum Gasteiger partial charge on any atom is 0.251 e. The number of piperidine rings is 1. The highest BCUT2D eigenvalue weighted by Gasteiger charge is 2.19. The summed E-state index contributed by atoms with van der Waals surface area (Å²) in [5.41, 5.74) is 0.758. The average molecular weight is 358 g/mol. The van der Waals surface area contributed by atoms with Crippen molar-refractivity contribution in [2.24, 2.45) is 0 Å². The predicted octanol–water partition coefficient (Wildman–Crippen LogP) is 2.51. The van der Waals surface area contributed by atoms with E-state index < -0.39 is 0 Å². The van der Waals surface area contributed by atoms with Crippen molar-refractivity contribution in [2.75, 3.05) is 19.6 Å². The summed E-state index contributed by atoms with van der Waals surface area (Å²) < 4.78 is 1.15. The zero-order valence-corrected chi connectivity index (χ0v) is 12.8. The zero-order valence-electron chi connectivity index (χ0n) is 10.7. The number of likely N-dealkylation sites (tertiary alicyclic amines) is 1. The molecule has 1 aromatic rings. The summed E-state index contributed by atoms with van der Waals surface area (Å²) in [5.74, 6) is 0.0568. The Kier molecular flexibility index (Phi) is 5.00. The molecule has 1 aliphatic rings. The summed E-state index contributed by atoms with van der Waals surface area (Å²) in [4.78, 5) is 14.5. The van der Waals surface area contributed by atoms with E-state index in [0.717, 1.165) is 41.6 Å². The Bertz CT molecular complexity index is 397. The Balaban J connectivity index is 1.86. The van der Waals surface area contributed by atoms with Crippen LogP contribution in [-0.4, -0.2) is 36.5 Å². The van der Waals surface area contributed by atoms with Crippen molar-refractivity contribution in [3.05, 3.63) is 33.4 Å². The second-order valence-corrected chi connectivity index (χ2v) is 5.93. The molecular formula is C14H19IN2O. The van der Waals surface area contributed by atoms with Crippen LogP contribution in [0.5, 0.6) is 0 Å². The number of amides is 1. The summed E-state index contributed by atoms with van der Waals surface area (Å²) >= 11 is 2.24. The Morgan fingerprint density at radius 2 is 1.94 bits per heavy atom. The van der Waals surface area contributed by atoms with Gasteiger partial charge in [0.05, 0.1) is 0 Å². The summed E-state index contributed by atoms with van der Waals surface area (Å²) in [6.45, 7) is 5.48. The molecular weight excluding hydrogens is 339 g/mol. The maximum atomic E-state index is 12.0. The second kappa shape index (κ2) is 6.52. The monoisotopic (exact) mass is 358 g/mol. The van der Waals surface area contributed by atoms with Crippen molar-refractivity contribution in [3.8, 4) is 0 Å². The predicted molar refractivity (Wildman–Crippen MR) is 81.8 cm³/mol. The van der Waals surface area contributed by atoms with Gasteiger partial charge >= 0.3 is 0 Å². The van der Waals surface area contributed by atoms with Crippen LogP contribution in [0.4, 0.5) is 0 Å². The molecule has 0 spiro atoms. The van der Waals surface area contributed by atoms with Gasteiger partial charge in [-0.25, -0.2) is 0 Å². The third-order valence-electron chi connectivity index (χ3n) is 3.48. The standard InChI is InChI=1S/C14H19IN2O/c1-2-17-9-7-13(8-10-17)16-14(18)11-3-5-12(15)6-4-11/h3-6,13H,2,7-10H2,1H3,(H,16,18). The molecule has 0 unspecified atom stereocenters. The molecule has 1 aliphatic heterocycles. The molecule has 0 saturated carbocycles. The first-order valence-electron chi connectivity index (χ1n) is 6.48. The maximum absolute atomic E-state index is 12.0.